The number of pyridine rings is 2. The first kappa shape index (κ1) is 45.9. The highest BCUT2D eigenvalue weighted by Gasteiger charge is 2.34. The number of H-pyrrole nitrogens is 1. The third-order valence-corrected chi connectivity index (χ3v) is 15.6. The van der Waals surface area contributed by atoms with Crippen LogP contribution in [0.15, 0.2) is 55.1 Å². The van der Waals surface area contributed by atoms with Crippen LogP contribution in [-0.4, -0.2) is 127 Å². The number of carbonyl (C=O) groups is 4. The topological polar surface area (TPSA) is 175 Å². The molecule has 0 radical (unpaired) electrons. The lowest BCUT2D eigenvalue weighted by Gasteiger charge is -2.40. The number of nitrogens with one attached hydrogen (secondary N) is 2. The number of ether oxygens (including phenoxy) is 1. The van der Waals surface area contributed by atoms with Crippen molar-refractivity contribution in [3.63, 3.8) is 0 Å². The minimum absolute atomic E-state index is 0.0359. The number of anilines is 1. The minimum Gasteiger partial charge on any atom is -0.453 e. The van der Waals surface area contributed by atoms with Gasteiger partial charge in [0.15, 0.2) is 11.4 Å². The summed E-state index contributed by atoms with van der Waals surface area (Å²) in [6, 6.07) is 9.30. The third-order valence-electron chi connectivity index (χ3n) is 15.3. The second-order valence-electron chi connectivity index (χ2n) is 19.9. The predicted molar refractivity (Wildman–Crippen MR) is 258 cm³/mol. The maximum atomic E-state index is 13.7. The molecule has 4 amide bonds. The summed E-state index contributed by atoms with van der Waals surface area (Å²) in [5.74, 6) is 3.22. The molecule has 4 aromatic heterocycles. The highest BCUT2D eigenvalue weighted by molar-refractivity contribution is 6.32. The SMILES string of the molecule is Cc1nn(C)cc1-c1nc2ncc(Cl)c(Oc3ccc(C(=O)N4CCC(CC5CCN(C(=O)C6CCN(CC7CCN(c8cncc([C@@H]9CCC(=O)NC9=O)c8)CC7)CC6)CC5)CC4)cc3)c2[nH]1. The van der Waals surface area contributed by atoms with Gasteiger partial charge in [-0.25, -0.2) is 9.97 Å². The van der Waals surface area contributed by atoms with Gasteiger partial charge in [0.05, 0.1) is 35.3 Å². The smallest absolute Gasteiger partial charge is 0.253 e. The zero-order valence-corrected chi connectivity index (χ0v) is 39.9. The fourth-order valence-corrected chi connectivity index (χ4v) is 11.5. The first-order valence-electron chi connectivity index (χ1n) is 24.7. The summed E-state index contributed by atoms with van der Waals surface area (Å²) >= 11 is 6.57. The number of nitrogens with zero attached hydrogens (tertiary/aromatic N) is 9. The van der Waals surface area contributed by atoms with Crippen molar-refractivity contribution < 1.29 is 23.9 Å². The lowest BCUT2D eigenvalue weighted by atomic mass is 9.82. The molecule has 0 unspecified atom stereocenters. The Kier molecular flexibility index (Phi) is 13.5. The zero-order chi connectivity index (χ0) is 46.9. The number of imidazole rings is 1. The molecule has 16 nitrogen and oxygen atoms in total. The molecule has 0 spiro atoms. The van der Waals surface area contributed by atoms with E-state index < -0.39 is 0 Å². The molecular weight excluding hydrogens is 882 g/mol. The van der Waals surface area contributed by atoms with Gasteiger partial charge in [0.25, 0.3) is 5.91 Å². The number of aromatic nitrogens is 6. The summed E-state index contributed by atoms with van der Waals surface area (Å²) in [6.07, 6.45) is 17.4. The van der Waals surface area contributed by atoms with Crippen LogP contribution in [0.2, 0.25) is 5.02 Å². The maximum Gasteiger partial charge on any atom is 0.253 e. The van der Waals surface area contributed by atoms with Crippen LogP contribution in [0.4, 0.5) is 5.69 Å². The number of likely N-dealkylation sites (tertiary alicyclic amines) is 3. The standard InChI is InChI=1S/C51H62ClN11O5/c1-32-42(31-59(2)58-32)47-56-45-46(43(52)29-54-48(45)57-47)68-40-5-3-36(4-6-40)50(66)62-21-9-33(10-22-62)25-34-11-23-63(24-12-34)51(67)37-15-17-60(18-16-37)30-35-13-19-61(20-14-35)39-26-38(27-53-28-39)41-7-8-44(64)55-49(41)65/h3-6,26-29,31,33-35,37,41H,7-25,30H2,1-2H3,(H,54,56,57)(H,55,64,65)/t41-/m0/s1. The van der Waals surface area contributed by atoms with Gasteiger partial charge in [-0.15, -0.1) is 0 Å². The molecule has 358 valence electrons. The molecule has 5 aromatic rings. The molecule has 5 aliphatic rings. The molecule has 5 saturated heterocycles. The van der Waals surface area contributed by atoms with E-state index in [1.54, 1.807) is 23.0 Å². The fourth-order valence-electron chi connectivity index (χ4n) is 11.3. The van der Waals surface area contributed by atoms with Crippen molar-refractivity contribution in [2.24, 2.45) is 30.7 Å². The summed E-state index contributed by atoms with van der Waals surface area (Å²) < 4.78 is 8.00. The normalized spacial score (nSPS) is 20.9. The molecule has 9 heterocycles. The summed E-state index contributed by atoms with van der Waals surface area (Å²) in [5.41, 5.74) is 5.33. The van der Waals surface area contributed by atoms with Gasteiger partial charge in [0.2, 0.25) is 17.7 Å². The van der Waals surface area contributed by atoms with Crippen molar-refractivity contribution in [2.75, 3.05) is 63.8 Å². The van der Waals surface area contributed by atoms with Crippen LogP contribution in [-0.2, 0) is 21.4 Å². The molecule has 5 fully saturated rings. The molecule has 5 aliphatic heterocycles. The molecule has 1 aromatic carbocycles. The van der Waals surface area contributed by atoms with Gasteiger partial charge in [-0.05, 0) is 138 Å². The zero-order valence-electron chi connectivity index (χ0n) is 39.2. The first-order chi connectivity index (χ1) is 33.0. The molecule has 1 atom stereocenters. The van der Waals surface area contributed by atoms with Gasteiger partial charge in [-0.3, -0.25) is 34.2 Å². The summed E-state index contributed by atoms with van der Waals surface area (Å²) in [5, 5.41) is 7.24. The average Bonchev–Trinajstić information content (AvgIpc) is 3.95. The number of halogens is 1. The summed E-state index contributed by atoms with van der Waals surface area (Å²) in [6.45, 7) is 10.1. The predicted octanol–water partition coefficient (Wildman–Crippen LogP) is 7.14. The number of benzene rings is 1. The number of fused-ring (bicyclic) bond motifs is 1. The maximum absolute atomic E-state index is 13.7. The number of carbonyl (C=O) groups excluding carboxylic acids is 4. The lowest BCUT2D eigenvalue weighted by Crippen LogP contribution is -2.47. The van der Waals surface area contributed by atoms with Crippen molar-refractivity contribution in [3.8, 4) is 22.9 Å². The van der Waals surface area contributed by atoms with E-state index in [1.165, 1.54) is 12.6 Å². The van der Waals surface area contributed by atoms with E-state index in [0.717, 1.165) is 133 Å². The Bertz CT molecular complexity index is 2640. The molecule has 17 heteroatoms. The van der Waals surface area contributed by atoms with Crippen LogP contribution in [0.3, 0.4) is 0 Å². The van der Waals surface area contributed by atoms with E-state index in [1.807, 2.05) is 43.4 Å². The molecule has 68 heavy (non-hydrogen) atoms. The van der Waals surface area contributed by atoms with E-state index in [2.05, 4.69) is 51.1 Å². The number of aryl methyl sites for hydroxylation is 2. The fraction of sp³-hybridized carbons (Fsp3) is 0.529. The Hall–Kier alpha value is -5.87. The van der Waals surface area contributed by atoms with Crippen molar-refractivity contribution in [1.29, 1.82) is 0 Å². The number of hydrogen-bond acceptors (Lipinski definition) is 11. The number of hydrogen-bond donors (Lipinski definition) is 2. The van der Waals surface area contributed by atoms with Crippen molar-refractivity contribution in [1.82, 2.24) is 49.7 Å². The number of aromatic amines is 1. The van der Waals surface area contributed by atoms with E-state index >= 15 is 0 Å². The first-order valence-corrected chi connectivity index (χ1v) is 25.1. The van der Waals surface area contributed by atoms with Crippen LogP contribution < -0.4 is 15.0 Å². The molecule has 0 saturated carbocycles. The number of amides is 4. The van der Waals surface area contributed by atoms with E-state index in [-0.39, 0.29) is 29.6 Å². The summed E-state index contributed by atoms with van der Waals surface area (Å²) in [7, 11) is 1.87. The second kappa shape index (κ2) is 20.0. The monoisotopic (exact) mass is 943 g/mol. The summed E-state index contributed by atoms with van der Waals surface area (Å²) in [4.78, 5) is 77.3. The minimum atomic E-state index is -0.322. The van der Waals surface area contributed by atoms with Crippen molar-refractivity contribution in [3.05, 3.63) is 77.0 Å². The Morgan fingerprint density at radius 2 is 1.51 bits per heavy atom. The van der Waals surface area contributed by atoms with E-state index in [9.17, 15) is 19.2 Å². The van der Waals surface area contributed by atoms with Gasteiger partial charge in [0.1, 0.15) is 22.1 Å². The molecular formula is C51H62ClN11O5. The Morgan fingerprint density at radius 1 is 0.824 bits per heavy atom. The highest BCUT2D eigenvalue weighted by Crippen LogP contribution is 2.37. The largest absolute Gasteiger partial charge is 0.453 e. The molecule has 0 aliphatic carbocycles. The van der Waals surface area contributed by atoms with E-state index in [0.29, 0.717) is 75.6 Å². The van der Waals surface area contributed by atoms with E-state index in [4.69, 9.17) is 16.3 Å². The van der Waals surface area contributed by atoms with Gasteiger partial charge >= 0.3 is 0 Å². The van der Waals surface area contributed by atoms with Crippen molar-refractivity contribution in [2.45, 2.75) is 83.5 Å². The van der Waals surface area contributed by atoms with Gasteiger partial charge in [0, 0.05) is 83.2 Å². The van der Waals surface area contributed by atoms with Gasteiger partial charge < -0.3 is 29.3 Å². The number of imide groups is 1. The van der Waals surface area contributed by atoms with Crippen molar-refractivity contribution >= 4 is 52.1 Å². The molecule has 2 N–H and O–H groups in total. The van der Waals surface area contributed by atoms with Crippen LogP contribution >= 0.6 is 11.6 Å². The number of rotatable bonds is 11. The quantitative estimate of drug-likeness (QED) is 0.129. The Balaban J connectivity index is 0.622. The third kappa shape index (κ3) is 10.1. The van der Waals surface area contributed by atoms with Gasteiger partial charge in [-0.2, -0.15) is 5.10 Å². The van der Waals surface area contributed by atoms with Crippen LogP contribution in [0.5, 0.6) is 11.5 Å². The second-order valence-corrected chi connectivity index (χ2v) is 20.3. The Labute approximate surface area is 402 Å². The van der Waals surface area contributed by atoms with Gasteiger partial charge in [-0.1, -0.05) is 11.6 Å². The lowest BCUT2D eigenvalue weighted by molar-refractivity contribution is -0.138. The van der Waals surface area contributed by atoms with Crippen LogP contribution in [0.1, 0.15) is 98.2 Å². The number of piperidine rings is 5. The van der Waals surface area contributed by atoms with Crippen LogP contribution in [0.25, 0.3) is 22.6 Å². The Morgan fingerprint density at radius 3 is 2.19 bits per heavy atom. The highest BCUT2D eigenvalue weighted by atomic mass is 35.5. The average molecular weight is 945 g/mol. The van der Waals surface area contributed by atoms with Crippen LogP contribution in [0, 0.1) is 30.6 Å². The molecule has 0 bridgehead atoms. The molecule has 10 rings (SSSR count).